The van der Waals surface area contributed by atoms with Crippen LogP contribution in [0, 0.1) is 6.92 Å². The van der Waals surface area contributed by atoms with Crippen molar-refractivity contribution in [2.24, 2.45) is 0 Å². The first-order chi connectivity index (χ1) is 20.5. The molecule has 4 N–H and O–H groups in total. The molecular formula is C29H30ClN9O3. The molecule has 216 valence electrons. The number of fused-ring (bicyclic) bond motifs is 1. The molecule has 0 spiro atoms. The van der Waals surface area contributed by atoms with Gasteiger partial charge in [0, 0.05) is 43.3 Å². The van der Waals surface area contributed by atoms with Crippen LogP contribution in [0.1, 0.15) is 40.5 Å². The Morgan fingerprint density at radius 1 is 1.17 bits per heavy atom. The van der Waals surface area contributed by atoms with E-state index in [9.17, 15) is 4.79 Å². The quantitative estimate of drug-likeness (QED) is 0.176. The molecule has 0 aliphatic carbocycles. The summed E-state index contributed by atoms with van der Waals surface area (Å²) in [5.74, 6) is 1.95. The molecule has 3 aromatic heterocycles. The molecule has 1 aliphatic rings. The van der Waals surface area contributed by atoms with Crippen LogP contribution < -0.4 is 20.7 Å². The average Bonchev–Trinajstić information content (AvgIpc) is 3.63. The fraction of sp³-hybridized carbons (Fsp3) is 0.276. The van der Waals surface area contributed by atoms with E-state index in [1.165, 1.54) is 0 Å². The highest BCUT2D eigenvalue weighted by Gasteiger charge is 2.22. The van der Waals surface area contributed by atoms with Gasteiger partial charge in [0.2, 0.25) is 5.95 Å². The van der Waals surface area contributed by atoms with Crippen LogP contribution in [0.15, 0.2) is 54.7 Å². The number of carbonyl (C=O) groups is 1. The lowest BCUT2D eigenvalue weighted by atomic mass is 10.1. The Morgan fingerprint density at radius 3 is 2.81 bits per heavy atom. The largest absolute Gasteiger partial charge is 0.497 e. The SMILES string of the molecule is COc1cccc(NC(=O)c2cc(CNc3nc(Nc4cc(C)[nH]n4)c4cnn(C5CCOCC5)c4n3)ccc2Cl)c1. The molecule has 0 unspecified atom stereocenters. The highest BCUT2D eigenvalue weighted by atomic mass is 35.5. The van der Waals surface area contributed by atoms with Crippen LogP contribution in [-0.4, -0.2) is 56.2 Å². The Bertz CT molecular complexity index is 1730. The molecule has 0 atom stereocenters. The van der Waals surface area contributed by atoms with Crippen molar-refractivity contribution in [2.45, 2.75) is 32.4 Å². The molecule has 6 rings (SSSR count). The van der Waals surface area contributed by atoms with Crippen molar-refractivity contribution >= 4 is 51.8 Å². The molecule has 5 aromatic rings. The molecule has 2 aromatic carbocycles. The summed E-state index contributed by atoms with van der Waals surface area (Å²) in [4.78, 5) is 22.6. The van der Waals surface area contributed by atoms with E-state index in [1.54, 1.807) is 43.6 Å². The molecule has 13 heteroatoms. The van der Waals surface area contributed by atoms with Crippen LogP contribution in [0.2, 0.25) is 5.02 Å². The number of nitrogens with one attached hydrogen (secondary N) is 4. The smallest absolute Gasteiger partial charge is 0.257 e. The number of amides is 1. The van der Waals surface area contributed by atoms with E-state index in [-0.39, 0.29) is 11.9 Å². The predicted molar refractivity (Wildman–Crippen MR) is 161 cm³/mol. The van der Waals surface area contributed by atoms with Gasteiger partial charge in [0.1, 0.15) is 11.6 Å². The number of carbonyl (C=O) groups excluding carboxylic acids is 1. The summed E-state index contributed by atoms with van der Waals surface area (Å²) in [6.07, 6.45) is 3.50. The topological polar surface area (TPSA) is 144 Å². The number of aryl methyl sites for hydroxylation is 1. The minimum absolute atomic E-state index is 0.182. The molecule has 4 heterocycles. The molecular weight excluding hydrogens is 558 g/mol. The lowest BCUT2D eigenvalue weighted by molar-refractivity contribution is 0.0673. The zero-order valence-electron chi connectivity index (χ0n) is 23.1. The van der Waals surface area contributed by atoms with E-state index in [1.807, 2.05) is 29.8 Å². The summed E-state index contributed by atoms with van der Waals surface area (Å²) in [5, 5.41) is 22.5. The number of rotatable bonds is 9. The summed E-state index contributed by atoms with van der Waals surface area (Å²) < 4.78 is 12.8. The lowest BCUT2D eigenvalue weighted by Crippen LogP contribution is -2.21. The highest BCUT2D eigenvalue weighted by Crippen LogP contribution is 2.30. The Labute approximate surface area is 246 Å². The van der Waals surface area contributed by atoms with Crippen molar-refractivity contribution in [1.82, 2.24) is 29.9 Å². The fourth-order valence-electron chi connectivity index (χ4n) is 4.84. The first-order valence-corrected chi connectivity index (χ1v) is 13.9. The number of hydrogen-bond acceptors (Lipinski definition) is 9. The van der Waals surface area contributed by atoms with Crippen LogP contribution in [0.5, 0.6) is 5.75 Å². The van der Waals surface area contributed by atoms with Crippen LogP contribution in [0.3, 0.4) is 0 Å². The van der Waals surface area contributed by atoms with Crippen molar-refractivity contribution in [1.29, 1.82) is 0 Å². The van der Waals surface area contributed by atoms with E-state index in [4.69, 9.17) is 31.0 Å². The van der Waals surface area contributed by atoms with Crippen molar-refractivity contribution in [3.63, 3.8) is 0 Å². The van der Waals surface area contributed by atoms with Crippen LogP contribution in [0.25, 0.3) is 11.0 Å². The minimum Gasteiger partial charge on any atom is -0.497 e. The second-order valence-corrected chi connectivity index (χ2v) is 10.4. The first-order valence-electron chi connectivity index (χ1n) is 13.6. The summed E-state index contributed by atoms with van der Waals surface area (Å²) in [6.45, 7) is 3.66. The number of benzene rings is 2. The Hall–Kier alpha value is -4.68. The Kier molecular flexibility index (Phi) is 7.89. The summed E-state index contributed by atoms with van der Waals surface area (Å²) in [6, 6.07) is 14.5. The Balaban J connectivity index is 1.25. The first kappa shape index (κ1) is 27.5. The van der Waals surface area contributed by atoms with Gasteiger partial charge in [0.05, 0.1) is 35.3 Å². The maximum atomic E-state index is 13.1. The second kappa shape index (κ2) is 12.0. The number of halogens is 1. The van der Waals surface area contributed by atoms with Crippen LogP contribution >= 0.6 is 11.6 Å². The van der Waals surface area contributed by atoms with Crippen molar-refractivity contribution < 1.29 is 14.3 Å². The molecule has 1 aliphatic heterocycles. The van der Waals surface area contributed by atoms with Crippen LogP contribution in [-0.2, 0) is 11.3 Å². The molecule has 1 fully saturated rings. The van der Waals surface area contributed by atoms with Gasteiger partial charge in [-0.1, -0.05) is 23.7 Å². The lowest BCUT2D eigenvalue weighted by Gasteiger charge is -2.22. The number of aromatic amines is 1. The van der Waals surface area contributed by atoms with E-state index in [0.29, 0.717) is 65.0 Å². The maximum absolute atomic E-state index is 13.1. The molecule has 1 amide bonds. The standard InChI is InChI=1S/C29H30ClN9O3/c1-17-12-25(38-37-17)34-26-23-16-32-39(20-8-10-42-11-9-20)27(23)36-29(35-26)31-15-18-6-7-24(30)22(13-18)28(40)33-19-4-3-5-21(14-19)41-2/h3-7,12-14,16,20H,8-11,15H2,1-2H3,(H,33,40)(H3,31,34,35,36,37,38). The molecule has 0 radical (unpaired) electrons. The van der Waals surface area contributed by atoms with E-state index < -0.39 is 0 Å². The van der Waals surface area contributed by atoms with Gasteiger partial charge in [-0.05, 0) is 49.6 Å². The molecule has 42 heavy (non-hydrogen) atoms. The maximum Gasteiger partial charge on any atom is 0.257 e. The summed E-state index contributed by atoms with van der Waals surface area (Å²) in [5.41, 5.74) is 3.42. The van der Waals surface area contributed by atoms with Gasteiger partial charge in [0.25, 0.3) is 5.91 Å². The minimum atomic E-state index is -0.325. The monoisotopic (exact) mass is 587 g/mol. The van der Waals surface area contributed by atoms with Gasteiger partial charge < -0.3 is 25.4 Å². The van der Waals surface area contributed by atoms with Gasteiger partial charge in [-0.25, -0.2) is 4.68 Å². The zero-order valence-corrected chi connectivity index (χ0v) is 23.9. The number of aromatic nitrogens is 6. The van der Waals surface area contributed by atoms with E-state index in [2.05, 4.69) is 31.2 Å². The van der Waals surface area contributed by atoms with Gasteiger partial charge >= 0.3 is 0 Å². The van der Waals surface area contributed by atoms with Crippen molar-refractivity contribution in [3.8, 4) is 5.75 Å². The third-order valence-corrected chi connectivity index (χ3v) is 7.33. The third-order valence-electron chi connectivity index (χ3n) is 7.00. The highest BCUT2D eigenvalue weighted by molar-refractivity contribution is 6.34. The van der Waals surface area contributed by atoms with E-state index in [0.717, 1.165) is 29.5 Å². The molecule has 1 saturated heterocycles. The molecule has 0 bridgehead atoms. The van der Waals surface area contributed by atoms with Crippen molar-refractivity contribution in [3.05, 3.63) is 76.6 Å². The van der Waals surface area contributed by atoms with E-state index >= 15 is 0 Å². The number of ether oxygens (including phenoxy) is 2. The zero-order chi connectivity index (χ0) is 29.1. The number of hydrogen-bond donors (Lipinski definition) is 4. The van der Waals surface area contributed by atoms with Gasteiger partial charge in [-0.15, -0.1) is 0 Å². The predicted octanol–water partition coefficient (Wildman–Crippen LogP) is 5.48. The number of methoxy groups -OCH3 is 1. The number of H-pyrrole nitrogens is 1. The number of anilines is 4. The summed E-state index contributed by atoms with van der Waals surface area (Å²) in [7, 11) is 1.58. The molecule has 12 nitrogen and oxygen atoms in total. The van der Waals surface area contributed by atoms with Crippen LogP contribution in [0.4, 0.5) is 23.3 Å². The van der Waals surface area contributed by atoms with Gasteiger partial charge in [0.15, 0.2) is 11.5 Å². The molecule has 0 saturated carbocycles. The van der Waals surface area contributed by atoms with Gasteiger partial charge in [-0.3, -0.25) is 9.89 Å². The third kappa shape index (κ3) is 5.99. The van der Waals surface area contributed by atoms with Crippen molar-refractivity contribution in [2.75, 3.05) is 36.3 Å². The number of nitrogens with zero attached hydrogens (tertiary/aromatic N) is 5. The summed E-state index contributed by atoms with van der Waals surface area (Å²) >= 11 is 6.41. The second-order valence-electron chi connectivity index (χ2n) is 9.98. The van der Waals surface area contributed by atoms with Gasteiger partial charge in [-0.2, -0.15) is 20.2 Å². The normalized spacial score (nSPS) is 13.7. The Morgan fingerprint density at radius 2 is 2.02 bits per heavy atom. The fourth-order valence-corrected chi connectivity index (χ4v) is 5.04. The average molecular weight is 588 g/mol.